The standard InChI is InChI=1S/C23H25N3O6/c1-28-17-7-5-15(19(11-17)30-3)12-26-13-16(10-21(26)27)22-24-23(32-25-22)14-6-8-18(29-2)20(9-14)31-4/h5-9,11,16H,10,12-13H2,1-4H3. The van der Waals surface area contributed by atoms with Crippen LogP contribution in [0.3, 0.4) is 0 Å². The minimum absolute atomic E-state index is 0.0327. The van der Waals surface area contributed by atoms with Crippen LogP contribution < -0.4 is 18.9 Å². The van der Waals surface area contributed by atoms with Crippen molar-refractivity contribution in [2.75, 3.05) is 35.0 Å². The van der Waals surface area contributed by atoms with Crippen molar-refractivity contribution < 1.29 is 28.3 Å². The van der Waals surface area contributed by atoms with E-state index in [2.05, 4.69) is 10.1 Å². The summed E-state index contributed by atoms with van der Waals surface area (Å²) in [5.74, 6) is 3.31. The molecule has 1 aliphatic heterocycles. The predicted molar refractivity (Wildman–Crippen MR) is 115 cm³/mol. The number of methoxy groups -OCH3 is 4. The first-order valence-electron chi connectivity index (χ1n) is 10.1. The minimum atomic E-state index is -0.149. The maximum absolute atomic E-state index is 12.7. The van der Waals surface area contributed by atoms with Gasteiger partial charge in [0, 0.05) is 42.6 Å². The van der Waals surface area contributed by atoms with Gasteiger partial charge in [-0.2, -0.15) is 4.98 Å². The molecule has 1 amide bonds. The van der Waals surface area contributed by atoms with Crippen LogP contribution in [0.15, 0.2) is 40.9 Å². The second kappa shape index (κ2) is 9.17. The second-order valence-electron chi connectivity index (χ2n) is 7.38. The fraction of sp³-hybridized carbons (Fsp3) is 0.348. The van der Waals surface area contributed by atoms with Crippen molar-refractivity contribution in [3.8, 4) is 34.5 Å². The Bertz CT molecular complexity index is 1110. The summed E-state index contributed by atoms with van der Waals surface area (Å²) >= 11 is 0. The molecule has 168 valence electrons. The largest absolute Gasteiger partial charge is 0.497 e. The highest BCUT2D eigenvalue weighted by Crippen LogP contribution is 2.34. The van der Waals surface area contributed by atoms with Gasteiger partial charge >= 0.3 is 0 Å². The lowest BCUT2D eigenvalue weighted by Gasteiger charge is -2.18. The smallest absolute Gasteiger partial charge is 0.258 e. The Hall–Kier alpha value is -3.75. The number of aromatic nitrogens is 2. The molecular formula is C23H25N3O6. The molecule has 1 fully saturated rings. The topological polar surface area (TPSA) is 96.2 Å². The molecule has 0 N–H and O–H groups in total. The number of nitrogens with zero attached hydrogens (tertiary/aromatic N) is 3. The van der Waals surface area contributed by atoms with Crippen LogP contribution in [0.2, 0.25) is 0 Å². The van der Waals surface area contributed by atoms with E-state index in [4.69, 9.17) is 23.5 Å². The van der Waals surface area contributed by atoms with Gasteiger partial charge in [-0.15, -0.1) is 0 Å². The number of amides is 1. The molecule has 0 aliphatic carbocycles. The summed E-state index contributed by atoms with van der Waals surface area (Å²) in [6, 6.07) is 10.9. The molecule has 1 unspecified atom stereocenters. The lowest BCUT2D eigenvalue weighted by atomic mass is 10.1. The third-order valence-electron chi connectivity index (χ3n) is 5.51. The molecule has 0 saturated carbocycles. The average Bonchev–Trinajstić information content (AvgIpc) is 3.46. The normalized spacial score (nSPS) is 15.7. The lowest BCUT2D eigenvalue weighted by Crippen LogP contribution is -2.24. The van der Waals surface area contributed by atoms with E-state index in [0.717, 1.165) is 5.56 Å². The van der Waals surface area contributed by atoms with Gasteiger partial charge in [0.05, 0.1) is 28.4 Å². The van der Waals surface area contributed by atoms with Crippen molar-refractivity contribution in [1.29, 1.82) is 0 Å². The molecular weight excluding hydrogens is 414 g/mol. The molecule has 3 aromatic rings. The average molecular weight is 439 g/mol. The van der Waals surface area contributed by atoms with Gasteiger partial charge in [0.2, 0.25) is 5.91 Å². The number of carbonyl (C=O) groups excluding carboxylic acids is 1. The van der Waals surface area contributed by atoms with Crippen LogP contribution in [-0.2, 0) is 11.3 Å². The molecule has 1 atom stereocenters. The van der Waals surface area contributed by atoms with Gasteiger partial charge in [0.1, 0.15) is 11.5 Å². The predicted octanol–water partition coefficient (Wildman–Crippen LogP) is 3.29. The van der Waals surface area contributed by atoms with E-state index in [1.807, 2.05) is 24.3 Å². The van der Waals surface area contributed by atoms with Crippen LogP contribution in [0.4, 0.5) is 0 Å². The number of benzene rings is 2. The third kappa shape index (κ3) is 4.18. The first-order valence-corrected chi connectivity index (χ1v) is 10.1. The van der Waals surface area contributed by atoms with Gasteiger partial charge in [0.15, 0.2) is 17.3 Å². The monoisotopic (exact) mass is 439 g/mol. The van der Waals surface area contributed by atoms with Crippen molar-refractivity contribution >= 4 is 5.91 Å². The molecule has 1 aliphatic rings. The quantitative estimate of drug-likeness (QED) is 0.528. The van der Waals surface area contributed by atoms with E-state index >= 15 is 0 Å². The number of ether oxygens (including phenoxy) is 4. The van der Waals surface area contributed by atoms with Crippen LogP contribution in [0.25, 0.3) is 11.5 Å². The van der Waals surface area contributed by atoms with Crippen LogP contribution in [0.5, 0.6) is 23.0 Å². The molecule has 2 aromatic carbocycles. The first-order chi connectivity index (χ1) is 15.6. The van der Waals surface area contributed by atoms with Gasteiger partial charge in [-0.25, -0.2) is 0 Å². The summed E-state index contributed by atoms with van der Waals surface area (Å²) in [5.41, 5.74) is 1.62. The lowest BCUT2D eigenvalue weighted by molar-refractivity contribution is -0.128. The van der Waals surface area contributed by atoms with Crippen LogP contribution in [-0.4, -0.2) is 55.9 Å². The van der Waals surface area contributed by atoms with Gasteiger partial charge in [-0.05, 0) is 30.3 Å². The van der Waals surface area contributed by atoms with E-state index in [9.17, 15) is 4.79 Å². The molecule has 1 saturated heterocycles. The van der Waals surface area contributed by atoms with Gasteiger partial charge in [-0.3, -0.25) is 4.79 Å². The summed E-state index contributed by atoms with van der Waals surface area (Å²) in [5, 5.41) is 4.13. The Balaban J connectivity index is 1.49. The summed E-state index contributed by atoms with van der Waals surface area (Å²) in [7, 11) is 6.34. The zero-order chi connectivity index (χ0) is 22.7. The minimum Gasteiger partial charge on any atom is -0.497 e. The number of rotatable bonds is 8. The molecule has 9 heteroatoms. The Labute approximate surface area is 185 Å². The highest BCUT2D eigenvalue weighted by Gasteiger charge is 2.34. The summed E-state index contributed by atoms with van der Waals surface area (Å²) in [6.45, 7) is 0.932. The van der Waals surface area contributed by atoms with Crippen molar-refractivity contribution in [2.45, 2.75) is 18.9 Å². The second-order valence-corrected chi connectivity index (χ2v) is 7.38. The maximum atomic E-state index is 12.7. The molecule has 2 heterocycles. The van der Waals surface area contributed by atoms with Gasteiger partial charge < -0.3 is 28.4 Å². The highest BCUT2D eigenvalue weighted by molar-refractivity contribution is 5.79. The summed E-state index contributed by atoms with van der Waals surface area (Å²) in [6.07, 6.45) is 0.323. The fourth-order valence-electron chi connectivity index (χ4n) is 3.77. The van der Waals surface area contributed by atoms with Crippen LogP contribution in [0, 0.1) is 0 Å². The zero-order valence-electron chi connectivity index (χ0n) is 18.5. The molecule has 0 radical (unpaired) electrons. The Kier molecular flexibility index (Phi) is 6.16. The third-order valence-corrected chi connectivity index (χ3v) is 5.51. The van der Waals surface area contributed by atoms with Gasteiger partial charge in [0.25, 0.3) is 5.89 Å². The van der Waals surface area contributed by atoms with Crippen LogP contribution >= 0.6 is 0 Å². The van der Waals surface area contributed by atoms with E-state index in [1.54, 1.807) is 45.5 Å². The molecule has 32 heavy (non-hydrogen) atoms. The maximum Gasteiger partial charge on any atom is 0.258 e. The Morgan fingerprint density at radius 3 is 2.47 bits per heavy atom. The molecule has 4 rings (SSSR count). The van der Waals surface area contributed by atoms with E-state index in [-0.39, 0.29) is 11.8 Å². The molecule has 1 aromatic heterocycles. The van der Waals surface area contributed by atoms with Crippen molar-refractivity contribution in [1.82, 2.24) is 15.0 Å². The molecule has 0 bridgehead atoms. The SMILES string of the molecule is COc1ccc(CN2CC(c3noc(-c4ccc(OC)c(OC)c4)n3)CC2=O)c(OC)c1. The highest BCUT2D eigenvalue weighted by atomic mass is 16.5. The van der Waals surface area contributed by atoms with E-state index < -0.39 is 0 Å². The van der Waals surface area contributed by atoms with Crippen molar-refractivity contribution in [3.63, 3.8) is 0 Å². The first kappa shape index (κ1) is 21.5. The number of hydrogen-bond donors (Lipinski definition) is 0. The Morgan fingerprint density at radius 2 is 1.75 bits per heavy atom. The summed E-state index contributed by atoms with van der Waals surface area (Å²) in [4.78, 5) is 19.0. The Morgan fingerprint density at radius 1 is 0.969 bits per heavy atom. The zero-order valence-corrected chi connectivity index (χ0v) is 18.5. The fourth-order valence-corrected chi connectivity index (χ4v) is 3.77. The molecule has 9 nitrogen and oxygen atoms in total. The van der Waals surface area contributed by atoms with Crippen LogP contribution in [0.1, 0.15) is 23.7 Å². The summed E-state index contributed by atoms with van der Waals surface area (Å²) < 4.78 is 26.8. The van der Waals surface area contributed by atoms with Crippen molar-refractivity contribution in [3.05, 3.63) is 47.8 Å². The van der Waals surface area contributed by atoms with Crippen molar-refractivity contribution in [2.24, 2.45) is 0 Å². The number of likely N-dealkylation sites (tertiary alicyclic amines) is 1. The number of carbonyl (C=O) groups is 1. The van der Waals surface area contributed by atoms with E-state index in [1.165, 1.54) is 0 Å². The molecule has 0 spiro atoms. The van der Waals surface area contributed by atoms with E-state index in [0.29, 0.717) is 59.8 Å². The van der Waals surface area contributed by atoms with Gasteiger partial charge in [-0.1, -0.05) is 5.16 Å². The number of hydrogen-bond acceptors (Lipinski definition) is 8.